The van der Waals surface area contributed by atoms with Gasteiger partial charge in [-0.3, -0.25) is 9.78 Å². The molecule has 20 heavy (non-hydrogen) atoms. The van der Waals surface area contributed by atoms with Crippen molar-refractivity contribution in [3.8, 4) is 0 Å². The van der Waals surface area contributed by atoms with Gasteiger partial charge in [0.15, 0.2) is 4.90 Å². The van der Waals surface area contributed by atoms with Crippen LogP contribution in [0.3, 0.4) is 0 Å². The van der Waals surface area contributed by atoms with Crippen molar-refractivity contribution in [1.29, 1.82) is 0 Å². The van der Waals surface area contributed by atoms with Gasteiger partial charge in [0.2, 0.25) is 10.0 Å². The van der Waals surface area contributed by atoms with Crippen molar-refractivity contribution in [3.63, 3.8) is 0 Å². The summed E-state index contributed by atoms with van der Waals surface area (Å²) in [6.45, 7) is 2.48. The molecule has 0 aliphatic carbocycles. The fraction of sp³-hybridized carbons (Fsp3) is 0.636. The van der Waals surface area contributed by atoms with Crippen LogP contribution in [0.2, 0.25) is 0 Å². The lowest BCUT2D eigenvalue weighted by molar-refractivity contribution is 0.243. The van der Waals surface area contributed by atoms with Crippen LogP contribution < -0.4 is 17.0 Å². The van der Waals surface area contributed by atoms with Gasteiger partial charge in [-0.2, -0.15) is 4.31 Å². The molecule has 1 aliphatic heterocycles. The van der Waals surface area contributed by atoms with Crippen molar-refractivity contribution in [3.05, 3.63) is 27.0 Å². The Bertz CT molecular complexity index is 691. The highest BCUT2D eigenvalue weighted by Crippen LogP contribution is 2.23. The summed E-state index contributed by atoms with van der Waals surface area (Å²) in [6, 6.07) is -0.109. The van der Waals surface area contributed by atoms with Gasteiger partial charge in [0.05, 0.1) is 0 Å². The van der Waals surface area contributed by atoms with E-state index in [-0.39, 0.29) is 12.0 Å². The Hall–Kier alpha value is -1.45. The number of hydrogen-bond acceptors (Lipinski definition) is 5. The van der Waals surface area contributed by atoms with Gasteiger partial charge >= 0.3 is 5.69 Å². The first-order valence-corrected chi connectivity index (χ1v) is 7.84. The predicted molar refractivity (Wildman–Crippen MR) is 72.8 cm³/mol. The van der Waals surface area contributed by atoms with Crippen LogP contribution in [-0.4, -0.2) is 41.8 Å². The molecule has 0 radical (unpaired) electrons. The average molecular weight is 302 g/mol. The quantitative estimate of drug-likeness (QED) is 0.646. The van der Waals surface area contributed by atoms with Crippen molar-refractivity contribution in [2.45, 2.75) is 30.7 Å². The second-order valence-electron chi connectivity index (χ2n) is 5.06. The van der Waals surface area contributed by atoms with Crippen molar-refractivity contribution in [2.24, 2.45) is 11.7 Å². The molecule has 2 atom stereocenters. The normalized spacial score (nSPS) is 22.6. The third-order valence-corrected chi connectivity index (χ3v) is 5.44. The number of H-pyrrole nitrogens is 2. The third kappa shape index (κ3) is 2.84. The van der Waals surface area contributed by atoms with Crippen LogP contribution in [0.25, 0.3) is 0 Å². The lowest BCUT2D eigenvalue weighted by Crippen LogP contribution is -2.46. The van der Waals surface area contributed by atoms with E-state index in [0.717, 1.165) is 12.6 Å². The number of nitrogens with two attached hydrogens (primary N) is 1. The molecular formula is C11H18N4O4S. The van der Waals surface area contributed by atoms with Crippen molar-refractivity contribution in [1.82, 2.24) is 14.3 Å². The number of piperidine rings is 1. The van der Waals surface area contributed by atoms with Crippen molar-refractivity contribution in [2.75, 3.05) is 13.1 Å². The minimum absolute atomic E-state index is 0.0698. The molecule has 0 bridgehead atoms. The van der Waals surface area contributed by atoms with Crippen LogP contribution >= 0.6 is 0 Å². The largest absolute Gasteiger partial charge is 0.328 e. The summed E-state index contributed by atoms with van der Waals surface area (Å²) in [5.41, 5.74) is 4.18. The monoisotopic (exact) mass is 302 g/mol. The van der Waals surface area contributed by atoms with Gasteiger partial charge in [0, 0.05) is 25.3 Å². The molecule has 0 spiro atoms. The Morgan fingerprint density at radius 3 is 2.75 bits per heavy atom. The second kappa shape index (κ2) is 5.51. The number of hydrogen-bond donors (Lipinski definition) is 3. The Kier molecular flexibility index (Phi) is 4.11. The van der Waals surface area contributed by atoms with E-state index >= 15 is 0 Å². The van der Waals surface area contributed by atoms with Crippen LogP contribution in [0.5, 0.6) is 0 Å². The smallest absolute Gasteiger partial charge is 0.325 e. The van der Waals surface area contributed by atoms with E-state index in [1.807, 2.05) is 11.9 Å². The summed E-state index contributed by atoms with van der Waals surface area (Å²) in [5.74, 6) is 0.0698. The molecule has 0 aromatic carbocycles. The van der Waals surface area contributed by atoms with Crippen molar-refractivity contribution < 1.29 is 8.42 Å². The van der Waals surface area contributed by atoms with E-state index < -0.39 is 26.2 Å². The second-order valence-corrected chi connectivity index (χ2v) is 6.97. The van der Waals surface area contributed by atoms with Crippen molar-refractivity contribution >= 4 is 10.0 Å². The first kappa shape index (κ1) is 14.9. The highest BCUT2D eigenvalue weighted by Gasteiger charge is 2.33. The molecule has 2 unspecified atom stereocenters. The molecule has 1 aliphatic rings. The fourth-order valence-corrected chi connectivity index (χ4v) is 3.88. The van der Waals surface area contributed by atoms with Crippen LogP contribution in [-0.2, 0) is 10.0 Å². The van der Waals surface area contributed by atoms with Crippen LogP contribution in [0.1, 0.15) is 19.8 Å². The molecule has 0 saturated carbocycles. The Morgan fingerprint density at radius 1 is 1.45 bits per heavy atom. The Morgan fingerprint density at radius 2 is 2.15 bits per heavy atom. The van der Waals surface area contributed by atoms with E-state index in [1.165, 1.54) is 4.31 Å². The molecule has 1 fully saturated rings. The van der Waals surface area contributed by atoms with E-state index in [0.29, 0.717) is 19.5 Å². The highest BCUT2D eigenvalue weighted by atomic mass is 32.2. The van der Waals surface area contributed by atoms with Gasteiger partial charge in [-0.05, 0) is 25.7 Å². The van der Waals surface area contributed by atoms with Gasteiger partial charge in [-0.15, -0.1) is 0 Å². The first-order chi connectivity index (χ1) is 9.32. The van der Waals surface area contributed by atoms with Crippen LogP contribution in [0.15, 0.2) is 20.7 Å². The average Bonchev–Trinajstić information content (AvgIpc) is 2.38. The van der Waals surface area contributed by atoms with Gasteiger partial charge in [-0.25, -0.2) is 13.2 Å². The molecule has 1 saturated heterocycles. The molecule has 4 N–H and O–H groups in total. The first-order valence-electron chi connectivity index (χ1n) is 6.40. The zero-order chi connectivity index (χ0) is 14.9. The minimum Gasteiger partial charge on any atom is -0.328 e. The number of aromatic amines is 2. The van der Waals surface area contributed by atoms with E-state index in [2.05, 4.69) is 4.98 Å². The maximum atomic E-state index is 12.4. The van der Waals surface area contributed by atoms with E-state index in [4.69, 9.17) is 5.73 Å². The summed E-state index contributed by atoms with van der Waals surface area (Å²) in [5, 5.41) is 0. The summed E-state index contributed by atoms with van der Waals surface area (Å²) in [4.78, 5) is 26.2. The van der Waals surface area contributed by atoms with E-state index in [1.54, 1.807) is 0 Å². The maximum absolute atomic E-state index is 12.4. The number of nitrogens with one attached hydrogen (secondary N) is 2. The summed E-state index contributed by atoms with van der Waals surface area (Å²) >= 11 is 0. The Labute approximate surface area is 116 Å². The zero-order valence-corrected chi connectivity index (χ0v) is 11.9. The van der Waals surface area contributed by atoms with Crippen LogP contribution in [0, 0.1) is 5.92 Å². The third-order valence-electron chi connectivity index (χ3n) is 3.57. The lowest BCUT2D eigenvalue weighted by atomic mass is 9.93. The number of aromatic nitrogens is 2. The fourth-order valence-electron chi connectivity index (χ4n) is 2.35. The molecule has 1 aromatic rings. The highest BCUT2D eigenvalue weighted by molar-refractivity contribution is 7.89. The zero-order valence-electron chi connectivity index (χ0n) is 11.1. The molecule has 8 nitrogen and oxygen atoms in total. The van der Waals surface area contributed by atoms with Gasteiger partial charge in [0.25, 0.3) is 5.56 Å². The van der Waals surface area contributed by atoms with Gasteiger partial charge < -0.3 is 10.7 Å². The standard InChI is InChI=1S/C11H18N4O4S/c1-7(12)8-3-2-4-15(6-8)20(18,19)9-5-13-11(17)14-10(9)16/h5,7-8H,2-4,6,12H2,1H3,(H2,13,14,16,17). The summed E-state index contributed by atoms with van der Waals surface area (Å²) in [7, 11) is -3.91. The SMILES string of the molecule is CC(N)C1CCCN(S(=O)(=O)c2c[nH]c(=O)[nH]c2=O)C1. The predicted octanol–water partition coefficient (Wildman–Crippen LogP) is -1.19. The lowest BCUT2D eigenvalue weighted by Gasteiger charge is -2.33. The summed E-state index contributed by atoms with van der Waals surface area (Å²) < 4.78 is 26.1. The van der Waals surface area contributed by atoms with Crippen LogP contribution in [0.4, 0.5) is 0 Å². The molecular weight excluding hydrogens is 284 g/mol. The topological polar surface area (TPSA) is 129 Å². The molecule has 112 valence electrons. The van der Waals surface area contributed by atoms with Gasteiger partial charge in [-0.1, -0.05) is 0 Å². The molecule has 9 heteroatoms. The molecule has 1 aromatic heterocycles. The number of nitrogens with zero attached hydrogens (tertiary/aromatic N) is 1. The number of sulfonamides is 1. The van der Waals surface area contributed by atoms with E-state index in [9.17, 15) is 18.0 Å². The molecule has 2 rings (SSSR count). The Balaban J connectivity index is 2.35. The van der Waals surface area contributed by atoms with Gasteiger partial charge in [0.1, 0.15) is 0 Å². The number of rotatable bonds is 3. The molecule has 0 amide bonds. The molecule has 2 heterocycles. The maximum Gasteiger partial charge on any atom is 0.325 e. The minimum atomic E-state index is -3.91. The summed E-state index contributed by atoms with van der Waals surface area (Å²) in [6.07, 6.45) is 2.50.